The van der Waals surface area contributed by atoms with Gasteiger partial charge in [-0.1, -0.05) is 38.6 Å². The first-order valence-corrected chi connectivity index (χ1v) is 10.6. The van der Waals surface area contributed by atoms with E-state index in [-0.39, 0.29) is 16.8 Å². The van der Waals surface area contributed by atoms with Crippen molar-refractivity contribution in [2.24, 2.45) is 5.41 Å². The predicted molar refractivity (Wildman–Crippen MR) is 111 cm³/mol. The number of hydrogen-bond acceptors (Lipinski definition) is 6. The number of anilines is 1. The molecule has 2 aromatic rings. The Morgan fingerprint density at radius 2 is 2.11 bits per heavy atom. The Labute approximate surface area is 168 Å². The van der Waals surface area contributed by atoms with Crippen LogP contribution in [-0.4, -0.2) is 26.5 Å². The van der Waals surface area contributed by atoms with Gasteiger partial charge >= 0.3 is 0 Å². The number of hydrogen-bond donors (Lipinski definition) is 2. The van der Waals surface area contributed by atoms with E-state index in [0.717, 1.165) is 29.9 Å². The summed E-state index contributed by atoms with van der Waals surface area (Å²) >= 11 is 1.53. The van der Waals surface area contributed by atoms with Crippen LogP contribution in [0.25, 0.3) is 0 Å². The predicted octanol–water partition coefficient (Wildman–Crippen LogP) is 3.87. The number of aromatic amines is 1. The average molecular weight is 397 g/mol. The molecule has 0 fully saturated rings. The molecule has 2 N–H and O–H groups in total. The monoisotopic (exact) mass is 396 g/mol. The van der Waals surface area contributed by atoms with Crippen molar-refractivity contribution in [3.8, 4) is 0 Å². The lowest BCUT2D eigenvalue weighted by Gasteiger charge is -2.38. The van der Waals surface area contributed by atoms with Crippen LogP contribution in [0, 0.1) is 5.41 Å². The number of nitrogens with zero attached hydrogens (tertiary/aromatic N) is 2. The van der Waals surface area contributed by atoms with Gasteiger partial charge in [0, 0.05) is 41.8 Å². The molecule has 0 amide bonds. The summed E-state index contributed by atoms with van der Waals surface area (Å²) in [5.41, 5.74) is 2.58. The molecule has 0 aromatic carbocycles. The van der Waals surface area contributed by atoms with Crippen LogP contribution in [0.5, 0.6) is 0 Å². The van der Waals surface area contributed by atoms with Gasteiger partial charge in [0.15, 0.2) is 10.9 Å². The minimum Gasteiger partial charge on any atom is -0.343 e. The number of allylic oxidation sites excluding steroid dienone is 2. The average Bonchev–Trinajstić information content (AvgIpc) is 2.64. The highest BCUT2D eigenvalue weighted by atomic mass is 32.2. The summed E-state index contributed by atoms with van der Waals surface area (Å²) in [4.78, 5) is 37.9. The summed E-state index contributed by atoms with van der Waals surface area (Å²) in [6.07, 6.45) is 5.64. The molecule has 0 spiro atoms. The molecule has 1 unspecified atom stereocenters. The van der Waals surface area contributed by atoms with Gasteiger partial charge in [0.2, 0.25) is 0 Å². The number of Topliss-reactive ketones (excluding diaryl/α,β-unsaturated/α-hetero) is 1. The summed E-state index contributed by atoms with van der Waals surface area (Å²) in [7, 11) is 0. The quantitative estimate of drug-likeness (QED) is 0.603. The van der Waals surface area contributed by atoms with Gasteiger partial charge in [-0.2, -0.15) is 0 Å². The highest BCUT2D eigenvalue weighted by Crippen LogP contribution is 2.47. The molecule has 3 heterocycles. The van der Waals surface area contributed by atoms with Gasteiger partial charge < -0.3 is 10.3 Å². The summed E-state index contributed by atoms with van der Waals surface area (Å²) < 4.78 is 0. The summed E-state index contributed by atoms with van der Waals surface area (Å²) in [6.45, 7) is 6.28. The van der Waals surface area contributed by atoms with Crippen molar-refractivity contribution in [3.63, 3.8) is 0 Å². The maximum Gasteiger partial charge on any atom is 0.257 e. The SMILES string of the molecule is CCCSc1nc2c(c(=O)[nH]1)C(c1cccnc1)C1=C(CC(C)(C)CC1=O)N2. The largest absolute Gasteiger partial charge is 0.343 e. The number of nitrogens with one attached hydrogen (secondary N) is 2. The highest BCUT2D eigenvalue weighted by molar-refractivity contribution is 7.99. The van der Waals surface area contributed by atoms with E-state index < -0.39 is 5.92 Å². The molecule has 1 atom stereocenters. The fourth-order valence-electron chi connectivity index (χ4n) is 4.04. The van der Waals surface area contributed by atoms with Crippen molar-refractivity contribution in [1.82, 2.24) is 15.0 Å². The zero-order valence-electron chi connectivity index (χ0n) is 16.3. The van der Waals surface area contributed by atoms with E-state index >= 15 is 0 Å². The molecule has 1 aliphatic heterocycles. The number of pyridine rings is 1. The second kappa shape index (κ2) is 7.20. The molecule has 0 bridgehead atoms. The number of H-pyrrole nitrogens is 1. The van der Waals surface area contributed by atoms with Crippen molar-refractivity contribution in [1.29, 1.82) is 0 Å². The fourth-order valence-corrected chi connectivity index (χ4v) is 4.76. The molecule has 0 radical (unpaired) electrons. The minimum absolute atomic E-state index is 0.0853. The van der Waals surface area contributed by atoms with Crippen molar-refractivity contribution < 1.29 is 4.79 Å². The van der Waals surface area contributed by atoms with Crippen LogP contribution in [0.2, 0.25) is 0 Å². The van der Waals surface area contributed by atoms with E-state index in [1.54, 1.807) is 12.4 Å². The molecule has 146 valence electrons. The second-order valence-electron chi connectivity index (χ2n) is 8.16. The minimum atomic E-state index is -0.440. The van der Waals surface area contributed by atoms with Crippen LogP contribution in [0.1, 0.15) is 57.1 Å². The Kier molecular flexibility index (Phi) is 4.87. The maximum absolute atomic E-state index is 13.1. The Morgan fingerprint density at radius 3 is 2.82 bits per heavy atom. The smallest absolute Gasteiger partial charge is 0.257 e. The molecule has 0 saturated heterocycles. The third-order valence-corrected chi connectivity index (χ3v) is 6.24. The van der Waals surface area contributed by atoms with E-state index in [1.165, 1.54) is 11.8 Å². The Bertz CT molecular complexity index is 1010. The number of aromatic nitrogens is 3. The fraction of sp³-hybridized carbons (Fsp3) is 0.429. The molecule has 0 saturated carbocycles. The molecule has 1 aliphatic carbocycles. The normalized spacial score (nSPS) is 20.4. The van der Waals surface area contributed by atoms with Crippen LogP contribution < -0.4 is 10.9 Å². The maximum atomic E-state index is 13.1. The van der Waals surface area contributed by atoms with Crippen molar-refractivity contribution in [3.05, 3.63) is 57.3 Å². The van der Waals surface area contributed by atoms with Crippen LogP contribution in [-0.2, 0) is 4.79 Å². The second-order valence-corrected chi connectivity index (χ2v) is 9.24. The van der Waals surface area contributed by atoms with Crippen molar-refractivity contribution in [2.75, 3.05) is 11.1 Å². The van der Waals surface area contributed by atoms with Crippen LogP contribution in [0.15, 0.2) is 45.7 Å². The summed E-state index contributed by atoms with van der Waals surface area (Å²) in [6, 6.07) is 3.76. The number of ketones is 1. The van der Waals surface area contributed by atoms with E-state index in [1.807, 2.05) is 12.1 Å². The van der Waals surface area contributed by atoms with E-state index in [2.05, 4.69) is 41.0 Å². The Hall–Kier alpha value is -2.41. The van der Waals surface area contributed by atoms with Gasteiger partial charge in [0.25, 0.3) is 5.56 Å². The van der Waals surface area contributed by atoms with Gasteiger partial charge in [-0.05, 0) is 29.9 Å². The molecule has 2 aliphatic rings. The lowest BCUT2D eigenvalue weighted by molar-refractivity contribution is -0.118. The summed E-state index contributed by atoms with van der Waals surface area (Å²) in [5.74, 6) is 1.08. The molecule has 7 heteroatoms. The lowest BCUT2D eigenvalue weighted by Crippen LogP contribution is -2.37. The molecular formula is C21H24N4O2S. The first-order chi connectivity index (χ1) is 13.4. The Balaban J connectivity index is 1.90. The van der Waals surface area contributed by atoms with Gasteiger partial charge in [-0.25, -0.2) is 4.98 Å². The molecule has 6 nitrogen and oxygen atoms in total. The molecule has 2 aromatic heterocycles. The standard InChI is InChI=1S/C21H24N4O2S/c1-4-8-28-20-24-18-17(19(27)25-20)15(12-6-5-7-22-11-12)16-13(23-18)9-21(2,3)10-14(16)26/h5-7,11,15H,4,8-10H2,1-3H3,(H2,23,24,25,27). The summed E-state index contributed by atoms with van der Waals surface area (Å²) in [5, 5.41) is 3.94. The van der Waals surface area contributed by atoms with Gasteiger partial charge in [0.05, 0.1) is 5.56 Å². The molecule has 28 heavy (non-hydrogen) atoms. The van der Waals surface area contributed by atoms with Gasteiger partial charge in [-0.15, -0.1) is 0 Å². The van der Waals surface area contributed by atoms with E-state index in [9.17, 15) is 9.59 Å². The van der Waals surface area contributed by atoms with Crippen LogP contribution in [0.4, 0.5) is 5.82 Å². The zero-order valence-corrected chi connectivity index (χ0v) is 17.2. The number of rotatable bonds is 4. The number of thioether (sulfide) groups is 1. The molecule has 4 rings (SSSR count). The van der Waals surface area contributed by atoms with Crippen LogP contribution in [0.3, 0.4) is 0 Å². The lowest BCUT2D eigenvalue weighted by atomic mass is 9.69. The first kappa shape index (κ1) is 18.9. The topological polar surface area (TPSA) is 87.7 Å². The van der Waals surface area contributed by atoms with Gasteiger partial charge in [-0.3, -0.25) is 14.6 Å². The Morgan fingerprint density at radius 1 is 1.29 bits per heavy atom. The van der Waals surface area contributed by atoms with E-state index in [0.29, 0.717) is 28.5 Å². The third kappa shape index (κ3) is 3.39. The first-order valence-electron chi connectivity index (χ1n) is 9.60. The van der Waals surface area contributed by atoms with Crippen molar-refractivity contribution in [2.45, 2.75) is 51.1 Å². The highest BCUT2D eigenvalue weighted by Gasteiger charge is 2.42. The zero-order chi connectivity index (χ0) is 19.9. The number of carbonyl (C=O) groups excluding carboxylic acids is 1. The number of carbonyl (C=O) groups is 1. The van der Waals surface area contributed by atoms with Crippen LogP contribution >= 0.6 is 11.8 Å². The van der Waals surface area contributed by atoms with Crippen molar-refractivity contribution >= 4 is 23.4 Å². The van der Waals surface area contributed by atoms with Gasteiger partial charge in [0.1, 0.15) is 5.82 Å². The third-order valence-electron chi connectivity index (χ3n) is 5.16. The number of fused-ring (bicyclic) bond motifs is 1. The molecular weight excluding hydrogens is 372 g/mol. The van der Waals surface area contributed by atoms with E-state index in [4.69, 9.17) is 0 Å².